The molecule has 0 saturated heterocycles. The standard InChI is InChI=1S/C14H13N3/c15-9-11-4-6-12(7-5-11)13-10-16-17-8-2-1-3-14(13)17/h4-7,10H,1-3,8H2. The number of aryl methyl sites for hydroxylation is 1. The van der Waals surface area contributed by atoms with Crippen LogP contribution in [-0.2, 0) is 13.0 Å². The van der Waals surface area contributed by atoms with E-state index < -0.39 is 0 Å². The summed E-state index contributed by atoms with van der Waals surface area (Å²) in [5, 5.41) is 13.2. The van der Waals surface area contributed by atoms with Crippen molar-refractivity contribution in [3.63, 3.8) is 0 Å². The molecular weight excluding hydrogens is 210 g/mol. The topological polar surface area (TPSA) is 41.6 Å². The van der Waals surface area contributed by atoms with Crippen molar-refractivity contribution in [1.29, 1.82) is 5.26 Å². The third kappa shape index (κ3) is 1.72. The fourth-order valence-corrected chi connectivity index (χ4v) is 2.39. The molecule has 0 atom stereocenters. The van der Waals surface area contributed by atoms with Crippen LogP contribution in [0.2, 0.25) is 0 Å². The number of hydrogen-bond acceptors (Lipinski definition) is 2. The fraction of sp³-hybridized carbons (Fsp3) is 0.286. The highest BCUT2D eigenvalue weighted by molar-refractivity contribution is 5.66. The molecule has 3 heteroatoms. The number of fused-ring (bicyclic) bond motifs is 1. The van der Waals surface area contributed by atoms with E-state index in [-0.39, 0.29) is 0 Å². The van der Waals surface area contributed by atoms with E-state index >= 15 is 0 Å². The van der Waals surface area contributed by atoms with Crippen molar-refractivity contribution in [2.75, 3.05) is 0 Å². The zero-order chi connectivity index (χ0) is 11.7. The lowest BCUT2D eigenvalue weighted by atomic mass is 10.0. The van der Waals surface area contributed by atoms with Gasteiger partial charge in [-0.15, -0.1) is 0 Å². The third-order valence-electron chi connectivity index (χ3n) is 3.31. The predicted molar refractivity (Wildman–Crippen MR) is 65.3 cm³/mol. The Labute approximate surface area is 100 Å². The molecule has 1 aromatic carbocycles. The lowest BCUT2D eigenvalue weighted by Crippen LogP contribution is -2.11. The maximum absolute atomic E-state index is 8.78. The van der Waals surface area contributed by atoms with Crippen molar-refractivity contribution < 1.29 is 0 Å². The minimum absolute atomic E-state index is 0.704. The summed E-state index contributed by atoms with van der Waals surface area (Å²) in [5.74, 6) is 0. The molecule has 0 unspecified atom stereocenters. The molecule has 3 rings (SSSR count). The van der Waals surface area contributed by atoms with Crippen molar-refractivity contribution in [1.82, 2.24) is 9.78 Å². The summed E-state index contributed by atoms with van der Waals surface area (Å²) in [6.45, 7) is 1.03. The molecule has 17 heavy (non-hydrogen) atoms. The molecular formula is C14H13N3. The van der Waals surface area contributed by atoms with Gasteiger partial charge in [-0.1, -0.05) is 12.1 Å². The van der Waals surface area contributed by atoms with Gasteiger partial charge in [-0.3, -0.25) is 4.68 Å². The van der Waals surface area contributed by atoms with E-state index in [9.17, 15) is 0 Å². The van der Waals surface area contributed by atoms with E-state index in [1.54, 1.807) is 0 Å². The van der Waals surface area contributed by atoms with E-state index in [1.807, 2.05) is 30.5 Å². The van der Waals surface area contributed by atoms with Gasteiger partial charge >= 0.3 is 0 Å². The van der Waals surface area contributed by atoms with Gasteiger partial charge in [0, 0.05) is 17.8 Å². The first-order valence-corrected chi connectivity index (χ1v) is 5.94. The number of benzene rings is 1. The lowest BCUT2D eigenvalue weighted by Gasteiger charge is -2.14. The summed E-state index contributed by atoms with van der Waals surface area (Å²) in [4.78, 5) is 0. The number of hydrogen-bond donors (Lipinski definition) is 0. The van der Waals surface area contributed by atoms with Crippen molar-refractivity contribution in [2.45, 2.75) is 25.8 Å². The highest BCUT2D eigenvalue weighted by Crippen LogP contribution is 2.27. The van der Waals surface area contributed by atoms with Crippen LogP contribution in [-0.4, -0.2) is 9.78 Å². The van der Waals surface area contributed by atoms with Gasteiger partial charge in [-0.25, -0.2) is 0 Å². The van der Waals surface area contributed by atoms with Gasteiger partial charge in [-0.2, -0.15) is 10.4 Å². The molecule has 2 aromatic rings. The summed E-state index contributed by atoms with van der Waals surface area (Å²) in [7, 11) is 0. The quantitative estimate of drug-likeness (QED) is 0.746. The van der Waals surface area contributed by atoms with Crippen molar-refractivity contribution >= 4 is 0 Å². The van der Waals surface area contributed by atoms with Crippen LogP contribution in [0.15, 0.2) is 30.5 Å². The van der Waals surface area contributed by atoms with Crippen LogP contribution in [0.5, 0.6) is 0 Å². The minimum Gasteiger partial charge on any atom is -0.269 e. The molecule has 3 nitrogen and oxygen atoms in total. The maximum atomic E-state index is 8.78. The Morgan fingerprint density at radius 2 is 2.00 bits per heavy atom. The molecule has 1 aliphatic rings. The molecule has 1 aromatic heterocycles. The number of nitrogens with zero attached hydrogens (tertiary/aromatic N) is 3. The highest BCUT2D eigenvalue weighted by atomic mass is 15.3. The smallest absolute Gasteiger partial charge is 0.0991 e. The molecule has 1 aliphatic heterocycles. The molecule has 2 heterocycles. The van der Waals surface area contributed by atoms with Gasteiger partial charge in [0.25, 0.3) is 0 Å². The normalized spacial score (nSPS) is 14.1. The molecule has 0 fully saturated rings. The second-order valence-corrected chi connectivity index (χ2v) is 4.37. The Hall–Kier alpha value is -2.08. The first-order chi connectivity index (χ1) is 8.38. The molecule has 0 saturated carbocycles. The average molecular weight is 223 g/mol. The maximum Gasteiger partial charge on any atom is 0.0991 e. The fourth-order valence-electron chi connectivity index (χ4n) is 2.39. The predicted octanol–water partition coefficient (Wildman–Crippen LogP) is 2.76. The summed E-state index contributed by atoms with van der Waals surface area (Å²) in [5.41, 5.74) is 4.41. The molecule has 0 bridgehead atoms. The minimum atomic E-state index is 0.704. The van der Waals surface area contributed by atoms with Crippen molar-refractivity contribution in [2.24, 2.45) is 0 Å². The Kier molecular flexibility index (Phi) is 2.41. The number of aromatic nitrogens is 2. The molecule has 0 radical (unpaired) electrons. The van der Waals surface area contributed by atoms with Crippen molar-refractivity contribution in [3.8, 4) is 17.2 Å². The summed E-state index contributed by atoms with van der Waals surface area (Å²) >= 11 is 0. The van der Waals surface area contributed by atoms with Crippen LogP contribution >= 0.6 is 0 Å². The molecule has 0 aliphatic carbocycles. The Bertz CT molecular complexity index is 573. The highest BCUT2D eigenvalue weighted by Gasteiger charge is 2.15. The average Bonchev–Trinajstić information content (AvgIpc) is 2.83. The number of rotatable bonds is 1. The van der Waals surface area contributed by atoms with E-state index in [0.717, 1.165) is 18.5 Å². The van der Waals surface area contributed by atoms with E-state index in [0.29, 0.717) is 5.56 Å². The van der Waals surface area contributed by atoms with E-state index in [4.69, 9.17) is 5.26 Å². The summed E-state index contributed by atoms with van der Waals surface area (Å²) < 4.78 is 2.11. The lowest BCUT2D eigenvalue weighted by molar-refractivity contribution is 0.487. The zero-order valence-corrected chi connectivity index (χ0v) is 9.56. The largest absolute Gasteiger partial charge is 0.269 e. The number of nitriles is 1. The third-order valence-corrected chi connectivity index (χ3v) is 3.31. The van der Waals surface area contributed by atoms with E-state index in [1.165, 1.54) is 24.1 Å². The molecule has 84 valence electrons. The monoisotopic (exact) mass is 223 g/mol. The van der Waals surface area contributed by atoms with Gasteiger partial charge in [-0.05, 0) is 37.0 Å². The van der Waals surface area contributed by atoms with Gasteiger partial charge < -0.3 is 0 Å². The van der Waals surface area contributed by atoms with Gasteiger partial charge in [0.15, 0.2) is 0 Å². The second kappa shape index (κ2) is 4.06. The van der Waals surface area contributed by atoms with Crippen LogP contribution in [0.3, 0.4) is 0 Å². The molecule has 0 amide bonds. The second-order valence-electron chi connectivity index (χ2n) is 4.37. The Morgan fingerprint density at radius 1 is 1.18 bits per heavy atom. The Morgan fingerprint density at radius 3 is 2.76 bits per heavy atom. The Balaban J connectivity index is 2.03. The van der Waals surface area contributed by atoms with Crippen LogP contribution in [0, 0.1) is 11.3 Å². The van der Waals surface area contributed by atoms with Crippen LogP contribution in [0.25, 0.3) is 11.1 Å². The van der Waals surface area contributed by atoms with Crippen LogP contribution in [0.4, 0.5) is 0 Å². The van der Waals surface area contributed by atoms with E-state index in [2.05, 4.69) is 15.8 Å². The molecule has 0 spiro atoms. The first kappa shape index (κ1) is 10.1. The zero-order valence-electron chi connectivity index (χ0n) is 9.56. The van der Waals surface area contributed by atoms with Gasteiger partial charge in [0.05, 0.1) is 17.8 Å². The van der Waals surface area contributed by atoms with Gasteiger partial charge in [0.2, 0.25) is 0 Å². The van der Waals surface area contributed by atoms with Gasteiger partial charge in [0.1, 0.15) is 0 Å². The molecule has 0 N–H and O–H groups in total. The van der Waals surface area contributed by atoms with Crippen LogP contribution in [0.1, 0.15) is 24.1 Å². The van der Waals surface area contributed by atoms with Crippen molar-refractivity contribution in [3.05, 3.63) is 41.7 Å². The summed E-state index contributed by atoms with van der Waals surface area (Å²) in [6, 6.07) is 9.88. The van der Waals surface area contributed by atoms with Crippen LogP contribution < -0.4 is 0 Å². The summed E-state index contributed by atoms with van der Waals surface area (Å²) in [6.07, 6.45) is 5.52. The first-order valence-electron chi connectivity index (χ1n) is 5.94. The SMILES string of the molecule is N#Cc1ccc(-c2cnn3c2CCCC3)cc1.